The van der Waals surface area contributed by atoms with Gasteiger partial charge in [0.1, 0.15) is 0 Å². The summed E-state index contributed by atoms with van der Waals surface area (Å²) in [4.78, 5) is 17.1. The smallest absolute Gasteiger partial charge is 0.261 e. The first-order valence-electron chi connectivity index (χ1n) is 9.43. The molecule has 0 spiro atoms. The van der Waals surface area contributed by atoms with Crippen molar-refractivity contribution in [3.8, 4) is 11.5 Å². The molecule has 0 aliphatic carbocycles. The molecular weight excluding hydrogens is 452 g/mol. The van der Waals surface area contributed by atoms with E-state index in [1.807, 2.05) is 0 Å². The van der Waals surface area contributed by atoms with Crippen molar-refractivity contribution in [1.29, 1.82) is 0 Å². The minimum Gasteiger partial charge on any atom is -0.421 e. The zero-order valence-corrected chi connectivity index (χ0v) is 18.6. The number of hydrogen-bond acceptors (Lipinski definition) is 7. The second-order valence-corrected chi connectivity index (χ2v) is 9.08. The van der Waals surface area contributed by atoms with Crippen LogP contribution in [-0.4, -0.2) is 29.4 Å². The fourth-order valence-corrected chi connectivity index (χ4v) is 4.20. The van der Waals surface area contributed by atoms with Crippen molar-refractivity contribution in [1.82, 2.24) is 15.2 Å². The number of nitrogens with one attached hydrogen (secondary N) is 1. The number of aryl methyl sites for hydroxylation is 2. The molecule has 0 saturated heterocycles. The van der Waals surface area contributed by atoms with Gasteiger partial charge in [0, 0.05) is 40.5 Å². The molecule has 1 N–H and O–H groups in total. The first-order valence-corrected chi connectivity index (χ1v) is 11.3. The quantitative estimate of drug-likeness (QED) is 0.416. The van der Waals surface area contributed by atoms with Gasteiger partial charge in [-0.3, -0.25) is 14.5 Å². The Balaban J connectivity index is 1.64. The largest absolute Gasteiger partial charge is 0.421 e. The van der Waals surface area contributed by atoms with Crippen LogP contribution in [0.4, 0.5) is 5.69 Å². The van der Waals surface area contributed by atoms with Crippen LogP contribution in [0.15, 0.2) is 70.1 Å². The highest BCUT2D eigenvalue weighted by atomic mass is 35.5. The van der Waals surface area contributed by atoms with Crippen LogP contribution >= 0.6 is 11.6 Å². The molecule has 0 aliphatic rings. The van der Waals surface area contributed by atoms with Crippen LogP contribution < -0.4 is 4.72 Å². The number of rotatable bonds is 6. The van der Waals surface area contributed by atoms with Gasteiger partial charge in [-0.25, -0.2) is 8.42 Å². The molecule has 0 radical (unpaired) electrons. The molecule has 4 aromatic rings. The summed E-state index contributed by atoms with van der Waals surface area (Å²) in [5.74, 6) is 0.290. The van der Waals surface area contributed by atoms with Crippen LogP contribution in [0, 0.1) is 13.8 Å². The average Bonchev–Trinajstić information content (AvgIpc) is 3.21. The van der Waals surface area contributed by atoms with Gasteiger partial charge in [0.25, 0.3) is 10.0 Å². The maximum absolute atomic E-state index is 13.0. The van der Waals surface area contributed by atoms with Gasteiger partial charge in [0.2, 0.25) is 11.8 Å². The lowest BCUT2D eigenvalue weighted by atomic mass is 10.0. The Hall–Kier alpha value is -3.56. The predicted molar refractivity (Wildman–Crippen MR) is 119 cm³/mol. The molecule has 0 unspecified atom stereocenters. The number of carbonyl (C=O) groups is 1. The number of hydrogen-bond donors (Lipinski definition) is 1. The third kappa shape index (κ3) is 4.53. The van der Waals surface area contributed by atoms with E-state index in [9.17, 15) is 13.2 Å². The molecule has 2 aromatic carbocycles. The summed E-state index contributed by atoms with van der Waals surface area (Å²) in [7, 11) is -3.99. The molecule has 0 atom stereocenters. The second kappa shape index (κ2) is 8.52. The number of ketones is 1. The molecule has 0 fully saturated rings. The average molecular weight is 469 g/mol. The Morgan fingerprint density at radius 2 is 1.75 bits per heavy atom. The first-order chi connectivity index (χ1) is 15.2. The number of anilines is 1. The predicted octanol–water partition coefficient (Wildman–Crippen LogP) is 4.43. The van der Waals surface area contributed by atoms with Crippen molar-refractivity contribution in [2.24, 2.45) is 0 Å². The van der Waals surface area contributed by atoms with Gasteiger partial charge in [-0.05, 0) is 61.5 Å². The number of benzene rings is 2. The molecule has 8 nitrogen and oxygen atoms in total. The Morgan fingerprint density at radius 1 is 1.00 bits per heavy atom. The van der Waals surface area contributed by atoms with Crippen molar-refractivity contribution in [3.63, 3.8) is 0 Å². The molecule has 2 heterocycles. The number of sulfonamides is 1. The van der Waals surface area contributed by atoms with E-state index < -0.39 is 15.8 Å². The van der Waals surface area contributed by atoms with Crippen LogP contribution in [0.3, 0.4) is 0 Å². The Kier molecular flexibility index (Phi) is 5.77. The van der Waals surface area contributed by atoms with Crippen molar-refractivity contribution in [2.45, 2.75) is 18.7 Å². The fourth-order valence-electron chi connectivity index (χ4n) is 2.94. The normalized spacial score (nSPS) is 11.3. The van der Waals surface area contributed by atoms with Gasteiger partial charge in [-0.15, -0.1) is 10.2 Å². The summed E-state index contributed by atoms with van der Waals surface area (Å²) >= 11 is 6.07. The third-order valence-electron chi connectivity index (χ3n) is 4.58. The lowest BCUT2D eigenvalue weighted by Crippen LogP contribution is -2.16. The molecule has 0 bridgehead atoms. The number of carbonyl (C=O) groups excluding carboxylic acids is 1. The van der Waals surface area contributed by atoms with E-state index in [4.69, 9.17) is 16.0 Å². The summed E-state index contributed by atoms with van der Waals surface area (Å²) in [6.07, 6.45) is 1.44. The molecule has 32 heavy (non-hydrogen) atoms. The molecular formula is C22H17ClN4O4S. The number of halogens is 1. The van der Waals surface area contributed by atoms with E-state index in [0.29, 0.717) is 22.0 Å². The number of pyridine rings is 1. The van der Waals surface area contributed by atoms with E-state index in [1.54, 1.807) is 38.1 Å². The molecule has 0 amide bonds. The molecule has 10 heteroatoms. The monoisotopic (exact) mass is 468 g/mol. The van der Waals surface area contributed by atoms with E-state index in [2.05, 4.69) is 19.9 Å². The topological polar surface area (TPSA) is 115 Å². The minimum atomic E-state index is -3.99. The van der Waals surface area contributed by atoms with Crippen molar-refractivity contribution in [3.05, 3.63) is 88.5 Å². The standard InChI is InChI=1S/C22H17ClN4O4S/c1-13-3-4-16(12-24-13)21(28)19-11-17(23)7-10-20(19)27-32(29,30)18-8-5-15(6-9-18)22-26-25-14(2)31-22/h3-12,27H,1-2H3. The Bertz CT molecular complexity index is 1400. The maximum Gasteiger partial charge on any atom is 0.261 e. The third-order valence-corrected chi connectivity index (χ3v) is 6.20. The zero-order valence-electron chi connectivity index (χ0n) is 17.0. The maximum atomic E-state index is 13.0. The van der Waals surface area contributed by atoms with E-state index in [0.717, 1.165) is 5.69 Å². The van der Waals surface area contributed by atoms with Crippen molar-refractivity contribution >= 4 is 33.1 Å². The Labute approximate surface area is 189 Å². The number of nitrogens with zero attached hydrogens (tertiary/aromatic N) is 3. The van der Waals surface area contributed by atoms with Gasteiger partial charge in [-0.2, -0.15) is 0 Å². The molecule has 0 saturated carbocycles. The van der Waals surface area contributed by atoms with Gasteiger partial charge in [-0.1, -0.05) is 11.6 Å². The van der Waals surface area contributed by atoms with Gasteiger partial charge in [0.05, 0.1) is 10.6 Å². The highest BCUT2D eigenvalue weighted by Crippen LogP contribution is 2.27. The van der Waals surface area contributed by atoms with E-state index in [-0.39, 0.29) is 22.0 Å². The van der Waals surface area contributed by atoms with Gasteiger partial charge >= 0.3 is 0 Å². The van der Waals surface area contributed by atoms with Crippen LogP contribution in [0.25, 0.3) is 11.5 Å². The van der Waals surface area contributed by atoms with Crippen LogP contribution in [0.2, 0.25) is 5.02 Å². The van der Waals surface area contributed by atoms with Crippen molar-refractivity contribution < 1.29 is 17.6 Å². The van der Waals surface area contributed by atoms with E-state index >= 15 is 0 Å². The zero-order chi connectivity index (χ0) is 22.9. The van der Waals surface area contributed by atoms with E-state index in [1.165, 1.54) is 36.5 Å². The van der Waals surface area contributed by atoms with Crippen LogP contribution in [0.1, 0.15) is 27.5 Å². The summed E-state index contributed by atoms with van der Waals surface area (Å²) in [5, 5.41) is 7.97. The summed E-state index contributed by atoms with van der Waals surface area (Å²) in [6.45, 7) is 3.47. The summed E-state index contributed by atoms with van der Waals surface area (Å²) < 4.78 is 33.8. The molecule has 162 valence electrons. The van der Waals surface area contributed by atoms with Crippen molar-refractivity contribution in [2.75, 3.05) is 4.72 Å². The second-order valence-electron chi connectivity index (χ2n) is 6.96. The van der Waals surface area contributed by atoms with Gasteiger partial charge in [0.15, 0.2) is 5.78 Å². The molecule has 0 aliphatic heterocycles. The van der Waals surface area contributed by atoms with Crippen LogP contribution in [0.5, 0.6) is 0 Å². The lowest BCUT2D eigenvalue weighted by Gasteiger charge is -2.13. The molecule has 4 rings (SSSR count). The lowest BCUT2D eigenvalue weighted by molar-refractivity contribution is 0.103. The fraction of sp³-hybridized carbons (Fsp3) is 0.0909. The Morgan fingerprint density at radius 3 is 2.38 bits per heavy atom. The highest BCUT2D eigenvalue weighted by Gasteiger charge is 2.21. The summed E-state index contributed by atoms with van der Waals surface area (Å²) in [6, 6.07) is 13.7. The highest BCUT2D eigenvalue weighted by molar-refractivity contribution is 7.92. The summed E-state index contributed by atoms with van der Waals surface area (Å²) in [5.41, 5.74) is 1.88. The SMILES string of the molecule is Cc1ccc(C(=O)c2cc(Cl)ccc2NS(=O)(=O)c2ccc(-c3nnc(C)o3)cc2)cn1. The minimum absolute atomic E-state index is 0.00263. The van der Waals surface area contributed by atoms with Gasteiger partial charge < -0.3 is 4.42 Å². The molecule has 2 aromatic heterocycles. The first kappa shape index (κ1) is 21.7. The number of aromatic nitrogens is 3. The van der Waals surface area contributed by atoms with Crippen LogP contribution in [-0.2, 0) is 10.0 Å².